The normalized spacial score (nSPS) is 16.5. The minimum atomic E-state index is -1.05. The summed E-state index contributed by atoms with van der Waals surface area (Å²) in [5.74, 6) is -1.15. The average Bonchev–Trinajstić information content (AvgIpc) is 3.50. The number of carbonyl (C=O) groups excluding carboxylic acids is 2. The number of methoxy groups -OCH3 is 2. The van der Waals surface area contributed by atoms with E-state index in [2.05, 4.69) is 11.9 Å². The van der Waals surface area contributed by atoms with Crippen molar-refractivity contribution in [1.29, 1.82) is 0 Å². The molecular formula is C30H27FN2O6S. The lowest BCUT2D eigenvalue weighted by Crippen LogP contribution is -2.29. The van der Waals surface area contributed by atoms with E-state index in [1.165, 1.54) is 37.3 Å². The molecule has 1 amide bonds. The summed E-state index contributed by atoms with van der Waals surface area (Å²) in [6.07, 6.45) is 1.83. The van der Waals surface area contributed by atoms with Crippen molar-refractivity contribution >= 4 is 44.1 Å². The Kier molecular flexibility index (Phi) is 7.70. The molecule has 2 heterocycles. The number of rotatable bonds is 9. The first kappa shape index (κ1) is 27.1. The number of amides is 1. The van der Waals surface area contributed by atoms with Gasteiger partial charge in [0.15, 0.2) is 16.6 Å². The Hall–Kier alpha value is -4.44. The standard InChI is InChI=1S/C30H27FN2O6S/c1-4-5-13-39-22-12-9-17(15-23(22)38-3)26-25(27(34)18-7-6-8-20(14-18)37-2)28(35)29(36)33(26)30-32-21-11-10-19(31)16-24(21)40-30/h6-12,14-16,26,34H,4-5,13H2,1-3H3/b27-25+. The topological polar surface area (TPSA) is 98.2 Å². The molecule has 1 aliphatic heterocycles. The van der Waals surface area contributed by atoms with Gasteiger partial charge in [0.2, 0.25) is 0 Å². The second-order valence-electron chi connectivity index (χ2n) is 9.12. The molecule has 8 nitrogen and oxygen atoms in total. The fraction of sp³-hybridized carbons (Fsp3) is 0.233. The zero-order valence-electron chi connectivity index (χ0n) is 22.1. The number of fused-ring (bicyclic) bond motifs is 1. The largest absolute Gasteiger partial charge is 0.507 e. The molecule has 0 saturated carbocycles. The van der Waals surface area contributed by atoms with Crippen LogP contribution in [0.4, 0.5) is 9.52 Å². The summed E-state index contributed by atoms with van der Waals surface area (Å²) in [5.41, 5.74) is 1.16. The van der Waals surface area contributed by atoms with Gasteiger partial charge in [0.1, 0.15) is 17.3 Å². The zero-order chi connectivity index (χ0) is 28.4. The Morgan fingerprint density at radius 1 is 1.05 bits per heavy atom. The molecule has 40 heavy (non-hydrogen) atoms. The van der Waals surface area contributed by atoms with Gasteiger partial charge in [-0.25, -0.2) is 9.37 Å². The molecule has 5 rings (SSSR count). The number of aliphatic hydroxyl groups excluding tert-OH is 1. The van der Waals surface area contributed by atoms with E-state index in [-0.39, 0.29) is 16.5 Å². The van der Waals surface area contributed by atoms with Crippen molar-refractivity contribution in [2.75, 3.05) is 25.7 Å². The third kappa shape index (κ3) is 4.98. The first-order valence-electron chi connectivity index (χ1n) is 12.7. The van der Waals surface area contributed by atoms with Gasteiger partial charge in [-0.05, 0) is 54.4 Å². The highest BCUT2D eigenvalue weighted by atomic mass is 32.1. The van der Waals surface area contributed by atoms with Crippen LogP contribution >= 0.6 is 11.3 Å². The van der Waals surface area contributed by atoms with Crippen LogP contribution in [0.2, 0.25) is 0 Å². The van der Waals surface area contributed by atoms with Gasteiger partial charge in [-0.1, -0.05) is 42.9 Å². The van der Waals surface area contributed by atoms with Gasteiger partial charge in [0.05, 0.1) is 42.7 Å². The van der Waals surface area contributed by atoms with Crippen LogP contribution in [-0.4, -0.2) is 42.6 Å². The summed E-state index contributed by atoms with van der Waals surface area (Å²) < 4.78 is 31.2. The molecule has 0 aliphatic carbocycles. The summed E-state index contributed by atoms with van der Waals surface area (Å²) in [4.78, 5) is 32.8. The number of hydrogen-bond donors (Lipinski definition) is 1. The number of ketones is 1. The number of Topliss-reactive ketones (excluding diaryl/α,β-unsaturated/α-hetero) is 1. The van der Waals surface area contributed by atoms with E-state index in [1.54, 1.807) is 42.5 Å². The summed E-state index contributed by atoms with van der Waals surface area (Å²) in [5, 5.41) is 11.6. The molecule has 1 atom stereocenters. The maximum Gasteiger partial charge on any atom is 0.301 e. The first-order chi connectivity index (χ1) is 19.4. The minimum absolute atomic E-state index is 0.120. The molecule has 3 aromatic carbocycles. The van der Waals surface area contributed by atoms with E-state index in [9.17, 15) is 19.1 Å². The Labute approximate surface area is 234 Å². The average molecular weight is 563 g/mol. The van der Waals surface area contributed by atoms with Crippen molar-refractivity contribution in [3.63, 3.8) is 0 Å². The maximum absolute atomic E-state index is 13.9. The lowest BCUT2D eigenvalue weighted by molar-refractivity contribution is -0.132. The van der Waals surface area contributed by atoms with Crippen molar-refractivity contribution in [3.8, 4) is 17.2 Å². The number of carbonyl (C=O) groups is 2. The van der Waals surface area contributed by atoms with Gasteiger partial charge < -0.3 is 19.3 Å². The lowest BCUT2D eigenvalue weighted by Gasteiger charge is -2.24. The van der Waals surface area contributed by atoms with Crippen molar-refractivity contribution in [3.05, 3.63) is 83.2 Å². The zero-order valence-corrected chi connectivity index (χ0v) is 23.0. The number of aliphatic hydroxyl groups is 1. The maximum atomic E-state index is 13.9. The Bertz CT molecular complexity index is 1630. The molecule has 4 aromatic rings. The Morgan fingerprint density at radius 2 is 1.88 bits per heavy atom. The second kappa shape index (κ2) is 11.4. The van der Waals surface area contributed by atoms with Gasteiger partial charge in [-0.15, -0.1) is 0 Å². The number of benzene rings is 3. The van der Waals surface area contributed by atoms with Crippen molar-refractivity contribution in [1.82, 2.24) is 4.98 Å². The van der Waals surface area contributed by atoms with Crippen LogP contribution in [0, 0.1) is 5.82 Å². The highest BCUT2D eigenvalue weighted by Gasteiger charge is 2.48. The number of ether oxygens (including phenoxy) is 3. The molecule has 1 saturated heterocycles. The highest BCUT2D eigenvalue weighted by Crippen LogP contribution is 2.46. The van der Waals surface area contributed by atoms with Crippen molar-refractivity contribution < 1.29 is 33.3 Å². The Morgan fingerprint density at radius 3 is 2.62 bits per heavy atom. The van der Waals surface area contributed by atoms with Crippen molar-refractivity contribution in [2.45, 2.75) is 25.8 Å². The molecule has 0 spiro atoms. The van der Waals surface area contributed by atoms with E-state index in [0.29, 0.717) is 45.2 Å². The fourth-order valence-corrected chi connectivity index (χ4v) is 5.58. The van der Waals surface area contributed by atoms with E-state index >= 15 is 0 Å². The molecule has 206 valence electrons. The minimum Gasteiger partial charge on any atom is -0.507 e. The fourth-order valence-electron chi connectivity index (χ4n) is 4.56. The van der Waals surface area contributed by atoms with Crippen molar-refractivity contribution in [2.24, 2.45) is 0 Å². The number of unbranched alkanes of at least 4 members (excludes halogenated alkanes) is 1. The summed E-state index contributed by atoms with van der Waals surface area (Å²) >= 11 is 1.08. The SMILES string of the molecule is CCCCOc1ccc(C2/C(=C(\O)c3cccc(OC)c3)C(=O)C(=O)N2c2nc3ccc(F)cc3s2)cc1OC. The Balaban J connectivity index is 1.69. The third-order valence-corrected chi connectivity index (χ3v) is 7.61. The van der Waals surface area contributed by atoms with Crippen LogP contribution in [0.15, 0.2) is 66.2 Å². The lowest BCUT2D eigenvalue weighted by atomic mass is 9.95. The van der Waals surface area contributed by atoms with Crippen LogP contribution < -0.4 is 19.1 Å². The van der Waals surface area contributed by atoms with Gasteiger partial charge in [0.25, 0.3) is 5.78 Å². The molecule has 0 radical (unpaired) electrons. The summed E-state index contributed by atoms with van der Waals surface area (Å²) in [6.45, 7) is 2.56. The number of halogens is 1. The predicted octanol–water partition coefficient (Wildman–Crippen LogP) is 6.26. The molecular weight excluding hydrogens is 535 g/mol. The molecule has 0 bridgehead atoms. The number of thiazole rings is 1. The van der Waals surface area contributed by atoms with Gasteiger partial charge in [-0.2, -0.15) is 0 Å². The van der Waals surface area contributed by atoms with Gasteiger partial charge in [-0.3, -0.25) is 14.5 Å². The number of nitrogens with zero attached hydrogens (tertiary/aromatic N) is 2. The van der Waals surface area contributed by atoms with Crippen LogP contribution in [0.1, 0.15) is 36.9 Å². The monoisotopic (exact) mass is 562 g/mol. The summed E-state index contributed by atoms with van der Waals surface area (Å²) in [6, 6.07) is 14.8. The van der Waals surface area contributed by atoms with E-state index < -0.39 is 23.5 Å². The predicted molar refractivity (Wildman–Crippen MR) is 151 cm³/mol. The van der Waals surface area contributed by atoms with Crippen LogP contribution in [0.5, 0.6) is 17.2 Å². The number of hydrogen-bond acceptors (Lipinski definition) is 8. The first-order valence-corrected chi connectivity index (χ1v) is 13.5. The quantitative estimate of drug-likeness (QED) is 0.111. The highest BCUT2D eigenvalue weighted by molar-refractivity contribution is 7.22. The molecule has 10 heteroatoms. The van der Waals surface area contributed by atoms with Gasteiger partial charge >= 0.3 is 5.91 Å². The molecule has 1 unspecified atom stereocenters. The smallest absolute Gasteiger partial charge is 0.301 e. The molecule has 1 fully saturated rings. The van der Waals surface area contributed by atoms with Crippen LogP contribution in [0.25, 0.3) is 16.0 Å². The van der Waals surface area contributed by atoms with E-state index in [4.69, 9.17) is 14.2 Å². The van der Waals surface area contributed by atoms with Crippen LogP contribution in [-0.2, 0) is 9.59 Å². The third-order valence-electron chi connectivity index (χ3n) is 6.59. The van der Waals surface area contributed by atoms with Crippen LogP contribution in [0.3, 0.4) is 0 Å². The second-order valence-corrected chi connectivity index (χ2v) is 10.1. The van der Waals surface area contributed by atoms with E-state index in [1.807, 2.05) is 0 Å². The number of aromatic nitrogens is 1. The van der Waals surface area contributed by atoms with Gasteiger partial charge in [0, 0.05) is 5.56 Å². The molecule has 1 aromatic heterocycles. The molecule has 1 N–H and O–H groups in total. The summed E-state index contributed by atoms with van der Waals surface area (Å²) in [7, 11) is 2.99. The number of anilines is 1. The van der Waals surface area contributed by atoms with E-state index in [0.717, 1.165) is 24.2 Å². The molecule has 1 aliphatic rings.